The van der Waals surface area contributed by atoms with E-state index in [0.29, 0.717) is 43.6 Å². The Bertz CT molecular complexity index is 611. The minimum Gasteiger partial charge on any atom is -0.508 e. The van der Waals surface area contributed by atoms with Gasteiger partial charge in [-0.1, -0.05) is 5.16 Å². The Balaban J connectivity index is 1.81. The molecule has 7 heteroatoms. The van der Waals surface area contributed by atoms with E-state index in [9.17, 15) is 9.50 Å². The molecule has 1 aromatic carbocycles. The Kier molecular flexibility index (Phi) is 3.85. The van der Waals surface area contributed by atoms with Gasteiger partial charge < -0.3 is 14.4 Å². The number of halogens is 1. The van der Waals surface area contributed by atoms with Crippen molar-refractivity contribution >= 4 is 0 Å². The normalized spacial score (nSPS) is 19.8. The summed E-state index contributed by atoms with van der Waals surface area (Å²) in [5.74, 6) is 0.527. The van der Waals surface area contributed by atoms with Crippen molar-refractivity contribution in [3.63, 3.8) is 0 Å². The number of nitrogens with zero attached hydrogens (tertiary/aromatic N) is 3. The van der Waals surface area contributed by atoms with Crippen molar-refractivity contribution in [1.29, 1.82) is 0 Å². The summed E-state index contributed by atoms with van der Waals surface area (Å²) < 4.78 is 24.0. The molecular formula is C14H16FN3O3. The predicted molar refractivity (Wildman–Crippen MR) is 71.1 cm³/mol. The van der Waals surface area contributed by atoms with Gasteiger partial charge in [-0.2, -0.15) is 4.98 Å². The average Bonchev–Trinajstić information content (AvgIpc) is 2.85. The summed E-state index contributed by atoms with van der Waals surface area (Å²) in [5.41, 5.74) is 0.690. The number of aromatic hydroxyl groups is 1. The molecule has 1 N–H and O–H groups in total. The zero-order valence-electron chi connectivity index (χ0n) is 11.6. The van der Waals surface area contributed by atoms with Gasteiger partial charge in [-0.3, -0.25) is 4.90 Å². The third kappa shape index (κ3) is 3.20. The van der Waals surface area contributed by atoms with Crippen LogP contribution in [-0.4, -0.2) is 39.9 Å². The minimum absolute atomic E-state index is 0.0801. The van der Waals surface area contributed by atoms with Gasteiger partial charge in [-0.05, 0) is 24.6 Å². The molecule has 1 aliphatic rings. The topological polar surface area (TPSA) is 71.6 Å². The number of rotatable bonds is 3. The molecule has 0 spiro atoms. The number of benzene rings is 1. The van der Waals surface area contributed by atoms with E-state index in [1.807, 2.05) is 0 Å². The number of phenols is 1. The maximum Gasteiger partial charge on any atom is 0.246 e. The predicted octanol–water partition coefficient (Wildman–Crippen LogP) is 1.80. The van der Waals surface area contributed by atoms with Crippen LogP contribution < -0.4 is 0 Å². The summed E-state index contributed by atoms with van der Waals surface area (Å²) in [4.78, 5) is 6.31. The van der Waals surface area contributed by atoms with Crippen molar-refractivity contribution in [3.05, 3.63) is 41.3 Å². The molecule has 2 aromatic rings. The molecule has 1 aromatic heterocycles. The molecule has 1 fully saturated rings. The molecule has 3 rings (SSSR count). The lowest BCUT2D eigenvalue weighted by Gasteiger charge is -2.33. The molecule has 6 nitrogen and oxygen atoms in total. The Labute approximate surface area is 121 Å². The van der Waals surface area contributed by atoms with Crippen LogP contribution in [0.3, 0.4) is 0 Å². The monoisotopic (exact) mass is 293 g/mol. The summed E-state index contributed by atoms with van der Waals surface area (Å²) in [6, 6.07) is 3.88. The minimum atomic E-state index is -0.455. The van der Waals surface area contributed by atoms with Gasteiger partial charge in [0.1, 0.15) is 17.6 Å². The van der Waals surface area contributed by atoms with Crippen molar-refractivity contribution in [1.82, 2.24) is 15.0 Å². The van der Waals surface area contributed by atoms with E-state index in [4.69, 9.17) is 9.26 Å². The molecule has 112 valence electrons. The van der Waals surface area contributed by atoms with Crippen LogP contribution in [-0.2, 0) is 11.3 Å². The molecule has 1 saturated heterocycles. The highest BCUT2D eigenvalue weighted by Crippen LogP contribution is 2.26. The van der Waals surface area contributed by atoms with Crippen molar-refractivity contribution in [2.45, 2.75) is 19.5 Å². The molecule has 0 unspecified atom stereocenters. The zero-order chi connectivity index (χ0) is 14.8. The number of ether oxygens (including phenoxy) is 1. The van der Waals surface area contributed by atoms with E-state index in [0.717, 1.165) is 6.07 Å². The fraction of sp³-hybridized carbons (Fsp3) is 0.429. The summed E-state index contributed by atoms with van der Waals surface area (Å²) in [6.07, 6.45) is 0. The third-order valence-corrected chi connectivity index (χ3v) is 3.40. The van der Waals surface area contributed by atoms with Crippen LogP contribution in [0.4, 0.5) is 4.39 Å². The van der Waals surface area contributed by atoms with Crippen LogP contribution >= 0.6 is 0 Å². The van der Waals surface area contributed by atoms with Crippen molar-refractivity contribution in [3.8, 4) is 5.75 Å². The highest BCUT2D eigenvalue weighted by Gasteiger charge is 2.29. The lowest BCUT2D eigenvalue weighted by Crippen LogP contribution is -2.39. The van der Waals surface area contributed by atoms with E-state index in [-0.39, 0.29) is 11.8 Å². The Morgan fingerprint density at radius 1 is 1.43 bits per heavy atom. The first-order valence-corrected chi connectivity index (χ1v) is 6.72. The number of phenolic OH excluding ortho intramolecular Hbond substituents is 1. The highest BCUT2D eigenvalue weighted by atomic mass is 19.1. The van der Waals surface area contributed by atoms with Gasteiger partial charge >= 0.3 is 0 Å². The second-order valence-corrected chi connectivity index (χ2v) is 5.06. The highest BCUT2D eigenvalue weighted by molar-refractivity contribution is 5.28. The summed E-state index contributed by atoms with van der Waals surface area (Å²) in [5, 5.41) is 13.3. The fourth-order valence-corrected chi connectivity index (χ4v) is 2.46. The summed E-state index contributed by atoms with van der Waals surface area (Å²) in [6.45, 7) is 3.93. The summed E-state index contributed by atoms with van der Waals surface area (Å²) >= 11 is 0. The molecule has 0 radical (unpaired) electrons. The number of aromatic nitrogens is 2. The van der Waals surface area contributed by atoms with E-state index in [1.54, 1.807) is 13.0 Å². The zero-order valence-corrected chi connectivity index (χ0v) is 11.6. The quantitative estimate of drug-likeness (QED) is 0.930. The molecule has 0 aliphatic carbocycles. The SMILES string of the molecule is Cc1noc([C@@H]2COCCN2Cc2cc(O)cc(F)c2)n1. The first-order valence-electron chi connectivity index (χ1n) is 6.72. The van der Waals surface area contributed by atoms with Gasteiger partial charge in [0.25, 0.3) is 0 Å². The van der Waals surface area contributed by atoms with Crippen molar-refractivity contribution in [2.24, 2.45) is 0 Å². The van der Waals surface area contributed by atoms with E-state index in [2.05, 4.69) is 15.0 Å². The number of aryl methyl sites for hydroxylation is 1. The Hall–Kier alpha value is -1.99. The molecular weight excluding hydrogens is 277 g/mol. The Morgan fingerprint density at radius 2 is 2.29 bits per heavy atom. The lowest BCUT2D eigenvalue weighted by molar-refractivity contribution is -0.0241. The second-order valence-electron chi connectivity index (χ2n) is 5.06. The van der Waals surface area contributed by atoms with Gasteiger partial charge in [0, 0.05) is 19.2 Å². The van der Waals surface area contributed by atoms with Gasteiger partial charge in [0.2, 0.25) is 5.89 Å². The molecule has 2 heterocycles. The van der Waals surface area contributed by atoms with Gasteiger partial charge in [-0.15, -0.1) is 0 Å². The molecule has 1 aliphatic heterocycles. The lowest BCUT2D eigenvalue weighted by atomic mass is 10.1. The van der Waals surface area contributed by atoms with Gasteiger partial charge in [0.05, 0.1) is 13.2 Å². The van der Waals surface area contributed by atoms with Crippen LogP contribution in [0.25, 0.3) is 0 Å². The Morgan fingerprint density at radius 3 is 3.00 bits per heavy atom. The average molecular weight is 293 g/mol. The third-order valence-electron chi connectivity index (χ3n) is 3.40. The van der Waals surface area contributed by atoms with Crippen LogP contribution in [0.2, 0.25) is 0 Å². The largest absolute Gasteiger partial charge is 0.508 e. The molecule has 21 heavy (non-hydrogen) atoms. The smallest absolute Gasteiger partial charge is 0.246 e. The number of morpholine rings is 1. The maximum atomic E-state index is 13.4. The number of hydrogen-bond acceptors (Lipinski definition) is 6. The molecule has 1 atom stereocenters. The van der Waals surface area contributed by atoms with E-state index < -0.39 is 5.82 Å². The maximum absolute atomic E-state index is 13.4. The van der Waals surface area contributed by atoms with Crippen molar-refractivity contribution < 1.29 is 18.8 Å². The fourth-order valence-electron chi connectivity index (χ4n) is 2.46. The standard InChI is InChI=1S/C14H16FN3O3/c1-9-16-14(21-17-9)13-8-20-3-2-18(13)7-10-4-11(15)6-12(19)5-10/h4-6,13,19H,2-3,7-8H2,1H3/t13-/m0/s1. The van der Waals surface area contributed by atoms with Crippen LogP contribution in [0, 0.1) is 12.7 Å². The van der Waals surface area contributed by atoms with Crippen LogP contribution in [0.5, 0.6) is 5.75 Å². The first-order chi connectivity index (χ1) is 10.1. The van der Waals surface area contributed by atoms with E-state index in [1.165, 1.54) is 6.07 Å². The summed E-state index contributed by atoms with van der Waals surface area (Å²) in [7, 11) is 0. The first kappa shape index (κ1) is 14.0. The van der Waals surface area contributed by atoms with Crippen molar-refractivity contribution in [2.75, 3.05) is 19.8 Å². The van der Waals surface area contributed by atoms with Crippen LogP contribution in [0.15, 0.2) is 22.7 Å². The molecule has 0 bridgehead atoms. The number of hydrogen-bond donors (Lipinski definition) is 1. The molecule has 0 saturated carbocycles. The van der Waals surface area contributed by atoms with Crippen LogP contribution in [0.1, 0.15) is 23.3 Å². The van der Waals surface area contributed by atoms with Gasteiger partial charge in [-0.25, -0.2) is 4.39 Å². The van der Waals surface area contributed by atoms with E-state index >= 15 is 0 Å². The second kappa shape index (κ2) is 5.79. The van der Waals surface area contributed by atoms with Gasteiger partial charge in [0.15, 0.2) is 5.82 Å². The molecule has 0 amide bonds.